The van der Waals surface area contributed by atoms with Crippen LogP contribution in [-0.4, -0.2) is 25.5 Å². The van der Waals surface area contributed by atoms with Crippen molar-refractivity contribution in [2.24, 2.45) is 0 Å². The van der Waals surface area contributed by atoms with E-state index in [1.807, 2.05) is 19.9 Å². The third kappa shape index (κ3) is 3.75. The minimum atomic E-state index is -2.67. The van der Waals surface area contributed by atoms with Gasteiger partial charge in [0, 0.05) is 18.7 Å². The normalized spacial score (nSPS) is 15.6. The summed E-state index contributed by atoms with van der Waals surface area (Å²) in [5, 5.41) is 11.0. The quantitative estimate of drug-likeness (QED) is 0.751. The molecule has 0 saturated heterocycles. The molecule has 25 heavy (non-hydrogen) atoms. The van der Waals surface area contributed by atoms with Crippen molar-refractivity contribution in [3.63, 3.8) is 0 Å². The van der Waals surface area contributed by atoms with Crippen LogP contribution in [0.3, 0.4) is 0 Å². The van der Waals surface area contributed by atoms with Gasteiger partial charge in [-0.05, 0) is 48.7 Å². The fraction of sp³-hybridized carbons (Fsp3) is 0.562. The molecule has 2 aromatic heterocycles. The molecule has 0 aliphatic heterocycles. The van der Waals surface area contributed by atoms with Crippen LogP contribution in [0.15, 0.2) is 16.7 Å². The number of rotatable bonds is 7. The van der Waals surface area contributed by atoms with Gasteiger partial charge < -0.3 is 5.32 Å². The van der Waals surface area contributed by atoms with E-state index in [1.165, 1.54) is 4.68 Å². The molecule has 1 amide bonds. The summed E-state index contributed by atoms with van der Waals surface area (Å²) in [6.45, 7) is 4.46. The zero-order valence-corrected chi connectivity index (χ0v) is 15.6. The first-order valence-corrected chi connectivity index (χ1v) is 9.07. The van der Waals surface area contributed by atoms with Gasteiger partial charge in [0.15, 0.2) is 0 Å². The average molecular weight is 416 g/mol. The highest BCUT2D eigenvalue weighted by Gasteiger charge is 2.34. The average Bonchev–Trinajstić information content (AvgIpc) is 3.16. The lowest BCUT2D eigenvalue weighted by Crippen LogP contribution is -2.32. The van der Waals surface area contributed by atoms with Gasteiger partial charge in [-0.2, -0.15) is 10.2 Å². The van der Waals surface area contributed by atoms with E-state index in [-0.39, 0.29) is 30.1 Å². The second-order valence-corrected chi connectivity index (χ2v) is 6.97. The summed E-state index contributed by atoms with van der Waals surface area (Å²) in [5.74, 6) is -0.0739. The number of carbonyl (C=O) groups is 1. The molecule has 0 spiro atoms. The molecule has 2 aromatic rings. The molecule has 136 valence electrons. The molecule has 1 N–H and O–H groups in total. The van der Waals surface area contributed by atoms with E-state index >= 15 is 0 Å². The maximum Gasteiger partial charge on any atom is 0.283 e. The number of hydrogen-bond acceptors (Lipinski definition) is 3. The van der Waals surface area contributed by atoms with Crippen LogP contribution in [0.1, 0.15) is 62.2 Å². The molecule has 9 heteroatoms. The number of hydrogen-bond donors (Lipinski definition) is 1. The van der Waals surface area contributed by atoms with E-state index in [1.54, 1.807) is 10.9 Å². The molecule has 1 unspecified atom stereocenters. The van der Waals surface area contributed by atoms with E-state index in [0.29, 0.717) is 16.7 Å². The summed E-state index contributed by atoms with van der Waals surface area (Å²) < 4.78 is 29.8. The zero-order chi connectivity index (χ0) is 18.1. The molecule has 1 aliphatic carbocycles. The predicted molar refractivity (Wildman–Crippen MR) is 91.3 cm³/mol. The molecule has 3 rings (SSSR count). The van der Waals surface area contributed by atoms with Crippen LogP contribution in [0.2, 0.25) is 0 Å². The Balaban J connectivity index is 1.74. The van der Waals surface area contributed by atoms with Crippen molar-refractivity contribution in [1.82, 2.24) is 24.9 Å². The Labute approximate surface area is 152 Å². The maximum absolute atomic E-state index is 13.1. The monoisotopic (exact) mass is 415 g/mol. The number of carbonyl (C=O) groups excluding carboxylic acids is 1. The van der Waals surface area contributed by atoms with Gasteiger partial charge in [-0.1, -0.05) is 0 Å². The molecular weight excluding hydrogens is 396 g/mol. The Morgan fingerprint density at radius 3 is 2.76 bits per heavy atom. The van der Waals surface area contributed by atoms with Crippen molar-refractivity contribution in [3.8, 4) is 0 Å². The zero-order valence-electron chi connectivity index (χ0n) is 14.0. The van der Waals surface area contributed by atoms with Crippen LogP contribution in [0.25, 0.3) is 0 Å². The molecule has 1 aliphatic rings. The third-order valence-electron chi connectivity index (χ3n) is 4.29. The van der Waals surface area contributed by atoms with Crippen molar-refractivity contribution in [2.45, 2.75) is 58.2 Å². The number of alkyl halides is 2. The van der Waals surface area contributed by atoms with Gasteiger partial charge >= 0.3 is 0 Å². The van der Waals surface area contributed by atoms with Gasteiger partial charge in [0.2, 0.25) is 5.91 Å². The summed E-state index contributed by atoms with van der Waals surface area (Å²) in [6.07, 6.45) is 0.877. The lowest BCUT2D eigenvalue weighted by molar-refractivity contribution is -0.122. The van der Waals surface area contributed by atoms with Crippen LogP contribution in [0, 0.1) is 0 Å². The number of amides is 1. The minimum absolute atomic E-state index is 0.0816. The standard InChI is InChI=1S/C16H20BrF2N5O/c1-3-23-11(6-7-20-23)9(2)21-12(25)8-24-15(10-4-5-10)13(17)14(22-24)16(18)19/h6-7,9-10,16H,3-5,8H2,1-2H3,(H,21,25). The maximum atomic E-state index is 13.1. The summed E-state index contributed by atoms with van der Waals surface area (Å²) in [7, 11) is 0. The molecule has 1 saturated carbocycles. The molecule has 1 atom stereocenters. The second kappa shape index (κ2) is 7.23. The SMILES string of the molecule is CCn1nccc1C(C)NC(=O)Cn1nc(C(F)F)c(Br)c1C1CC1. The Morgan fingerprint density at radius 1 is 1.44 bits per heavy atom. The highest BCUT2D eigenvalue weighted by atomic mass is 79.9. The number of aryl methyl sites for hydroxylation is 1. The lowest BCUT2D eigenvalue weighted by Gasteiger charge is -2.16. The van der Waals surface area contributed by atoms with Crippen LogP contribution >= 0.6 is 15.9 Å². The van der Waals surface area contributed by atoms with Gasteiger partial charge in [-0.15, -0.1) is 0 Å². The van der Waals surface area contributed by atoms with Crippen LogP contribution in [0.4, 0.5) is 8.78 Å². The van der Waals surface area contributed by atoms with E-state index < -0.39 is 6.43 Å². The Hall–Kier alpha value is -1.77. The Kier molecular flexibility index (Phi) is 5.21. The van der Waals surface area contributed by atoms with Crippen molar-refractivity contribution < 1.29 is 13.6 Å². The van der Waals surface area contributed by atoms with Gasteiger partial charge in [0.25, 0.3) is 6.43 Å². The van der Waals surface area contributed by atoms with Crippen LogP contribution in [0.5, 0.6) is 0 Å². The highest BCUT2D eigenvalue weighted by Crippen LogP contribution is 2.45. The van der Waals surface area contributed by atoms with Gasteiger partial charge in [0.1, 0.15) is 12.2 Å². The smallest absolute Gasteiger partial charge is 0.283 e. The Bertz CT molecular complexity index is 769. The lowest BCUT2D eigenvalue weighted by atomic mass is 10.2. The summed E-state index contributed by atoms with van der Waals surface area (Å²) in [6, 6.07) is 1.62. The van der Waals surface area contributed by atoms with E-state index in [0.717, 1.165) is 18.5 Å². The van der Waals surface area contributed by atoms with E-state index in [2.05, 4.69) is 31.4 Å². The number of halogens is 3. The van der Waals surface area contributed by atoms with Gasteiger partial charge in [0.05, 0.1) is 21.9 Å². The molecule has 1 fully saturated rings. The fourth-order valence-corrected chi connectivity index (χ4v) is 3.73. The first kappa shape index (κ1) is 18.0. The fourth-order valence-electron chi connectivity index (χ4n) is 2.95. The largest absolute Gasteiger partial charge is 0.346 e. The molecule has 0 radical (unpaired) electrons. The van der Waals surface area contributed by atoms with E-state index in [4.69, 9.17) is 0 Å². The topological polar surface area (TPSA) is 64.7 Å². The van der Waals surface area contributed by atoms with Gasteiger partial charge in [-0.3, -0.25) is 14.2 Å². The summed E-state index contributed by atoms with van der Waals surface area (Å²) in [4.78, 5) is 12.4. The van der Waals surface area contributed by atoms with Crippen molar-refractivity contribution >= 4 is 21.8 Å². The summed E-state index contributed by atoms with van der Waals surface area (Å²) in [5.41, 5.74) is 1.29. The predicted octanol–water partition coefficient (Wildman–Crippen LogP) is 3.55. The molecule has 6 nitrogen and oxygen atoms in total. The molecule has 0 bridgehead atoms. The molecular formula is C16H20BrF2N5O. The van der Waals surface area contributed by atoms with E-state index in [9.17, 15) is 13.6 Å². The van der Waals surface area contributed by atoms with Gasteiger partial charge in [-0.25, -0.2) is 8.78 Å². The van der Waals surface area contributed by atoms with Crippen molar-refractivity contribution in [1.29, 1.82) is 0 Å². The van der Waals surface area contributed by atoms with Crippen LogP contribution in [-0.2, 0) is 17.9 Å². The first-order valence-electron chi connectivity index (χ1n) is 8.27. The van der Waals surface area contributed by atoms with Crippen molar-refractivity contribution in [2.75, 3.05) is 0 Å². The minimum Gasteiger partial charge on any atom is -0.346 e. The Morgan fingerprint density at radius 2 is 2.16 bits per heavy atom. The molecule has 0 aromatic carbocycles. The number of nitrogens with zero attached hydrogens (tertiary/aromatic N) is 4. The number of aromatic nitrogens is 4. The molecule has 2 heterocycles. The number of nitrogens with one attached hydrogen (secondary N) is 1. The van der Waals surface area contributed by atoms with Crippen molar-refractivity contribution in [3.05, 3.63) is 33.8 Å². The summed E-state index contributed by atoms with van der Waals surface area (Å²) >= 11 is 3.23. The third-order valence-corrected chi connectivity index (χ3v) is 5.10. The first-order chi connectivity index (χ1) is 11.9. The second-order valence-electron chi connectivity index (χ2n) is 6.18. The highest BCUT2D eigenvalue weighted by molar-refractivity contribution is 9.10. The van der Waals surface area contributed by atoms with Crippen LogP contribution < -0.4 is 5.32 Å².